The maximum atomic E-state index is 8.49. The van der Waals surface area contributed by atoms with E-state index in [0.717, 1.165) is 26.2 Å². The summed E-state index contributed by atoms with van der Waals surface area (Å²) in [5, 5.41) is 2.62. The van der Waals surface area contributed by atoms with E-state index < -0.39 is 10.2 Å². The van der Waals surface area contributed by atoms with Crippen molar-refractivity contribution in [2.45, 2.75) is 13.1 Å². The number of para-hydroxylation sites is 2. The highest BCUT2D eigenvalue weighted by molar-refractivity contribution is 5.99. The quantitative estimate of drug-likeness (QED) is 0.362. The van der Waals surface area contributed by atoms with Gasteiger partial charge in [-0.05, 0) is 12.1 Å². The molecule has 2 aliphatic rings. The zero-order valence-electron chi connectivity index (χ0n) is 16.6. The minimum absolute atomic E-state index is 0.887. The van der Waals surface area contributed by atoms with E-state index in [1.54, 1.807) is 0 Å². The van der Waals surface area contributed by atoms with Crippen LogP contribution in [0, 0.1) is 10.2 Å². The van der Waals surface area contributed by atoms with Crippen LogP contribution >= 0.6 is 0 Å². The first-order chi connectivity index (χ1) is 14.9. The van der Waals surface area contributed by atoms with Gasteiger partial charge in [0.15, 0.2) is 0 Å². The lowest BCUT2D eigenvalue weighted by molar-refractivity contribution is -2.00. The number of hydrogen-bond acceptors (Lipinski definition) is 6. The molecule has 0 N–H and O–H groups in total. The highest BCUT2D eigenvalue weighted by Crippen LogP contribution is 2.21. The molecule has 0 spiro atoms. The average molecular weight is 440 g/mol. The van der Waals surface area contributed by atoms with E-state index >= 15 is 0 Å². The van der Waals surface area contributed by atoms with Crippen molar-refractivity contribution in [3.05, 3.63) is 72.1 Å². The van der Waals surface area contributed by atoms with Gasteiger partial charge in [-0.25, -0.2) is 18.6 Å². The highest BCUT2D eigenvalue weighted by Gasteiger charge is 2.07. The smallest absolute Gasteiger partial charge is 0.0569 e. The van der Waals surface area contributed by atoms with Crippen LogP contribution in [-0.2, 0) is 13.1 Å². The van der Waals surface area contributed by atoms with E-state index in [2.05, 4.69) is 80.0 Å². The molecule has 0 saturated heterocycles. The van der Waals surface area contributed by atoms with Crippen LogP contribution in [0.3, 0.4) is 0 Å². The van der Waals surface area contributed by atoms with Crippen molar-refractivity contribution in [3.8, 4) is 0 Å². The molecule has 4 heterocycles. The van der Waals surface area contributed by atoms with Crippen LogP contribution in [0.25, 0.3) is 21.8 Å². The van der Waals surface area contributed by atoms with Crippen LogP contribution in [0.4, 0.5) is 0 Å². The maximum absolute atomic E-state index is 8.49. The highest BCUT2D eigenvalue weighted by atomic mass is 35.7. The van der Waals surface area contributed by atoms with Crippen molar-refractivity contribution >= 4 is 34.2 Å². The van der Waals surface area contributed by atoms with Crippen molar-refractivity contribution in [1.29, 1.82) is 0 Å². The minimum Gasteiger partial charge on any atom is -0.345 e. The summed E-state index contributed by atoms with van der Waals surface area (Å²) >= 11 is 0. The standard InChI is InChI=1S/2C11H10N2.ClHO4/c2*1-2-9-4-6-13-7-5-12-8-10(3-1)11(9)13;2-1(3,4)5/h2*1-4,6,8H,5,7H2;(H,2,3,4,5)/p-1. The summed E-state index contributed by atoms with van der Waals surface area (Å²) in [5.74, 6) is 0. The lowest BCUT2D eigenvalue weighted by Gasteiger charge is -2.17. The summed E-state index contributed by atoms with van der Waals surface area (Å²) in [6, 6.07) is 17.0. The Kier molecular flexibility index (Phi) is 6.17. The normalized spacial score (nSPS) is 14.3. The van der Waals surface area contributed by atoms with Crippen LogP contribution < -0.4 is 18.6 Å². The zero-order chi connectivity index (χ0) is 21.8. The Bertz CT molecular complexity index is 1160. The number of benzene rings is 2. The van der Waals surface area contributed by atoms with Crippen LogP contribution in [0.1, 0.15) is 11.1 Å². The largest absolute Gasteiger partial charge is 0.345 e. The number of halogens is 1. The predicted molar refractivity (Wildman–Crippen MR) is 109 cm³/mol. The van der Waals surface area contributed by atoms with Crippen LogP contribution in [0.15, 0.2) is 70.9 Å². The third-order valence-corrected chi connectivity index (χ3v) is 5.04. The number of aromatic nitrogens is 2. The number of nitrogens with zero attached hydrogens (tertiary/aromatic N) is 4. The Labute approximate surface area is 180 Å². The van der Waals surface area contributed by atoms with E-state index in [-0.39, 0.29) is 0 Å². The topological polar surface area (TPSA) is 127 Å². The summed E-state index contributed by atoms with van der Waals surface area (Å²) < 4.78 is 38.5. The second-order valence-electron chi connectivity index (χ2n) is 7.04. The Balaban J connectivity index is 0.000000124. The van der Waals surface area contributed by atoms with Crippen molar-refractivity contribution < 1.29 is 28.9 Å². The molecule has 2 aliphatic heterocycles. The third kappa shape index (κ3) is 5.19. The fourth-order valence-corrected chi connectivity index (χ4v) is 3.82. The van der Waals surface area contributed by atoms with Crippen LogP contribution in [-0.4, -0.2) is 34.7 Å². The van der Waals surface area contributed by atoms with Gasteiger partial charge < -0.3 is 9.13 Å². The van der Waals surface area contributed by atoms with Crippen molar-refractivity contribution in [1.82, 2.24) is 9.13 Å². The first kappa shape index (κ1) is 21.2. The van der Waals surface area contributed by atoms with Gasteiger partial charge in [0.25, 0.3) is 0 Å². The van der Waals surface area contributed by atoms with Gasteiger partial charge in [-0.2, -0.15) is 0 Å². The van der Waals surface area contributed by atoms with Gasteiger partial charge in [0.05, 0.1) is 24.1 Å². The molecular weight excluding hydrogens is 420 g/mol. The molecule has 160 valence electrons. The molecule has 2 aromatic heterocycles. The first-order valence-electron chi connectivity index (χ1n) is 9.67. The fraction of sp³-hybridized carbons (Fsp3) is 0.182. The molecule has 0 atom stereocenters. The van der Waals surface area contributed by atoms with Gasteiger partial charge in [0.1, 0.15) is 0 Å². The third-order valence-electron chi connectivity index (χ3n) is 5.04. The van der Waals surface area contributed by atoms with Gasteiger partial charge >= 0.3 is 0 Å². The van der Waals surface area contributed by atoms with Crippen LogP contribution in [0.2, 0.25) is 0 Å². The van der Waals surface area contributed by atoms with Gasteiger partial charge in [0.2, 0.25) is 0 Å². The van der Waals surface area contributed by atoms with Crippen molar-refractivity contribution in [3.63, 3.8) is 0 Å². The first-order valence-corrected chi connectivity index (χ1v) is 10.9. The van der Waals surface area contributed by atoms with Gasteiger partial charge in [0, 0.05) is 59.8 Å². The second-order valence-corrected chi connectivity index (χ2v) is 7.79. The van der Waals surface area contributed by atoms with Gasteiger partial charge in [-0.15, -0.1) is 10.2 Å². The fourth-order valence-electron chi connectivity index (χ4n) is 3.82. The molecule has 4 aromatic rings. The Morgan fingerprint density at radius 1 is 0.645 bits per heavy atom. The summed E-state index contributed by atoms with van der Waals surface area (Å²) in [7, 11) is -4.94. The van der Waals surface area contributed by atoms with E-state index in [0.29, 0.717) is 0 Å². The second kappa shape index (κ2) is 9.01. The Morgan fingerprint density at radius 3 is 1.48 bits per heavy atom. The molecule has 0 fully saturated rings. The molecule has 9 heteroatoms. The summed E-state index contributed by atoms with van der Waals surface area (Å²) in [6.45, 7) is 3.77. The molecule has 0 aliphatic carbocycles. The molecule has 0 radical (unpaired) electrons. The van der Waals surface area contributed by atoms with Crippen LogP contribution in [0.5, 0.6) is 0 Å². The molecule has 31 heavy (non-hydrogen) atoms. The van der Waals surface area contributed by atoms with E-state index in [4.69, 9.17) is 18.6 Å². The molecule has 6 rings (SSSR count). The van der Waals surface area contributed by atoms with Gasteiger partial charge in [-0.1, -0.05) is 36.4 Å². The number of rotatable bonds is 0. The van der Waals surface area contributed by atoms with Gasteiger partial charge in [-0.3, -0.25) is 9.98 Å². The Morgan fingerprint density at radius 2 is 1.06 bits per heavy atom. The minimum atomic E-state index is -4.94. The van der Waals surface area contributed by atoms with E-state index in [1.165, 1.54) is 32.9 Å². The van der Waals surface area contributed by atoms with E-state index in [9.17, 15) is 0 Å². The van der Waals surface area contributed by atoms with Crippen molar-refractivity contribution in [2.24, 2.45) is 9.98 Å². The summed E-state index contributed by atoms with van der Waals surface area (Å²) in [5.41, 5.74) is 5.12. The predicted octanol–water partition coefficient (Wildman–Crippen LogP) is -0.608. The zero-order valence-corrected chi connectivity index (χ0v) is 17.3. The average Bonchev–Trinajstić information content (AvgIpc) is 3.18. The molecular formula is C22H20ClN4O4-. The van der Waals surface area contributed by atoms with E-state index in [1.807, 2.05) is 12.4 Å². The Hall–Kier alpha value is -3.01. The lowest BCUT2D eigenvalue weighted by atomic mass is 10.1. The summed E-state index contributed by atoms with van der Waals surface area (Å²) in [4.78, 5) is 8.67. The SMILES string of the molecule is C1=NCCn2ccc3cccc1c32.C1=NCCn2ccc3cccc1c32.[O-][Cl+3]([O-])([O-])[O-]. The molecule has 0 unspecified atom stereocenters. The lowest BCUT2D eigenvalue weighted by Crippen LogP contribution is -2.68. The monoisotopic (exact) mass is 439 g/mol. The number of hydrogen-bond donors (Lipinski definition) is 0. The maximum Gasteiger partial charge on any atom is 0.0569 e. The number of aliphatic imine (C=N–C) groups is 2. The van der Waals surface area contributed by atoms with Crippen molar-refractivity contribution in [2.75, 3.05) is 13.1 Å². The molecule has 8 nitrogen and oxygen atoms in total. The molecule has 0 bridgehead atoms. The molecule has 0 amide bonds. The molecule has 2 aromatic carbocycles. The molecule has 0 saturated carbocycles. The summed E-state index contributed by atoms with van der Waals surface area (Å²) in [6.07, 6.45) is 8.24.